The van der Waals surface area contributed by atoms with Gasteiger partial charge in [-0.05, 0) is 12.1 Å². The minimum atomic E-state index is 0.132. The lowest BCUT2D eigenvalue weighted by molar-refractivity contribution is 0.464. The zero-order chi connectivity index (χ0) is 7.84. The molecule has 0 spiro atoms. The molecule has 0 bridgehead atoms. The second-order valence-corrected chi connectivity index (χ2v) is 2.34. The van der Waals surface area contributed by atoms with Crippen molar-refractivity contribution in [3.05, 3.63) is 24.5 Å². The van der Waals surface area contributed by atoms with Crippen LogP contribution in [0.3, 0.4) is 0 Å². The number of fused-ring (bicyclic) bond motifs is 1. The minimum Gasteiger partial charge on any atom is -0.504 e. The predicted molar refractivity (Wildman–Crippen MR) is 42.3 cm³/mol. The maximum Gasteiger partial charge on any atom is 0.161 e. The molecular weight excluding hydrogens is 142 g/mol. The average Bonchev–Trinajstić information content (AvgIpc) is 2.35. The first-order chi connectivity index (χ1) is 5.29. The van der Waals surface area contributed by atoms with Crippen molar-refractivity contribution in [2.75, 3.05) is 5.73 Å². The Kier molecular flexibility index (Phi) is 1.06. The smallest absolute Gasteiger partial charge is 0.161 e. The Balaban J connectivity index is 2.94. The van der Waals surface area contributed by atoms with E-state index in [-0.39, 0.29) is 5.75 Å². The van der Waals surface area contributed by atoms with Crippen molar-refractivity contribution in [2.45, 2.75) is 0 Å². The van der Waals surface area contributed by atoms with Crippen LogP contribution in [0, 0.1) is 0 Å². The Morgan fingerprint density at radius 1 is 1.36 bits per heavy atom. The number of nitrogens with two attached hydrogens (primary N) is 1. The summed E-state index contributed by atoms with van der Waals surface area (Å²) >= 11 is 0. The second-order valence-electron chi connectivity index (χ2n) is 2.34. The molecule has 1 aromatic carbocycles. The van der Waals surface area contributed by atoms with Crippen molar-refractivity contribution in [2.24, 2.45) is 0 Å². The van der Waals surface area contributed by atoms with Crippen LogP contribution in [0.25, 0.3) is 11.0 Å². The molecule has 0 saturated carbocycles. The van der Waals surface area contributed by atoms with Gasteiger partial charge in [0.2, 0.25) is 0 Å². The van der Waals surface area contributed by atoms with Gasteiger partial charge in [-0.2, -0.15) is 0 Å². The standard InChI is InChI=1S/C8H7NO2/c9-6-3-1-2-5-7(10)4-11-8(5)6/h1-4,10H,9H2. The van der Waals surface area contributed by atoms with Crippen LogP contribution in [0.1, 0.15) is 0 Å². The molecule has 3 N–H and O–H groups in total. The fraction of sp³-hybridized carbons (Fsp3) is 0. The molecule has 11 heavy (non-hydrogen) atoms. The number of rotatable bonds is 0. The Labute approximate surface area is 63.0 Å². The molecule has 0 atom stereocenters. The van der Waals surface area contributed by atoms with Crippen molar-refractivity contribution in [3.8, 4) is 5.75 Å². The molecule has 0 aliphatic heterocycles. The average molecular weight is 149 g/mol. The number of furan rings is 1. The van der Waals surface area contributed by atoms with E-state index >= 15 is 0 Å². The Morgan fingerprint density at radius 2 is 2.18 bits per heavy atom. The van der Waals surface area contributed by atoms with Crippen molar-refractivity contribution in [3.63, 3.8) is 0 Å². The van der Waals surface area contributed by atoms with Gasteiger partial charge in [0.1, 0.15) is 6.26 Å². The van der Waals surface area contributed by atoms with Gasteiger partial charge in [0, 0.05) is 0 Å². The summed E-state index contributed by atoms with van der Waals surface area (Å²) < 4.78 is 5.00. The molecule has 0 aliphatic rings. The minimum absolute atomic E-state index is 0.132. The molecular formula is C8H7NO2. The highest BCUT2D eigenvalue weighted by atomic mass is 16.4. The number of para-hydroxylation sites is 1. The molecule has 2 aromatic rings. The first kappa shape index (κ1) is 6.09. The lowest BCUT2D eigenvalue weighted by Gasteiger charge is -1.91. The maximum atomic E-state index is 9.19. The number of nitrogen functional groups attached to an aromatic ring is 1. The van der Waals surface area contributed by atoms with Gasteiger partial charge in [-0.15, -0.1) is 0 Å². The summed E-state index contributed by atoms with van der Waals surface area (Å²) in [5, 5.41) is 9.84. The Morgan fingerprint density at radius 3 is 2.91 bits per heavy atom. The normalized spacial score (nSPS) is 10.5. The summed E-state index contributed by atoms with van der Waals surface area (Å²) in [6, 6.07) is 5.25. The van der Waals surface area contributed by atoms with Crippen LogP contribution >= 0.6 is 0 Å². The van der Waals surface area contributed by atoms with E-state index in [2.05, 4.69) is 0 Å². The first-order valence-electron chi connectivity index (χ1n) is 3.23. The van der Waals surface area contributed by atoms with E-state index < -0.39 is 0 Å². The molecule has 0 radical (unpaired) electrons. The number of benzene rings is 1. The van der Waals surface area contributed by atoms with Gasteiger partial charge in [-0.3, -0.25) is 0 Å². The molecule has 1 aromatic heterocycles. The molecule has 3 nitrogen and oxygen atoms in total. The van der Waals surface area contributed by atoms with E-state index in [4.69, 9.17) is 10.2 Å². The summed E-state index contributed by atoms with van der Waals surface area (Å²) in [4.78, 5) is 0. The zero-order valence-corrected chi connectivity index (χ0v) is 5.74. The lowest BCUT2D eigenvalue weighted by atomic mass is 10.2. The van der Waals surface area contributed by atoms with Gasteiger partial charge in [-0.25, -0.2) is 0 Å². The fourth-order valence-corrected chi connectivity index (χ4v) is 1.07. The van der Waals surface area contributed by atoms with Crippen LogP contribution in [0.2, 0.25) is 0 Å². The third kappa shape index (κ3) is 0.741. The van der Waals surface area contributed by atoms with Gasteiger partial charge < -0.3 is 15.3 Å². The molecule has 56 valence electrons. The lowest BCUT2D eigenvalue weighted by Crippen LogP contribution is -1.82. The summed E-state index contributed by atoms with van der Waals surface area (Å²) in [5.74, 6) is 0.132. The van der Waals surface area contributed by atoms with Crippen LogP contribution in [0.5, 0.6) is 5.75 Å². The Bertz CT molecular complexity index is 392. The summed E-state index contributed by atoms with van der Waals surface area (Å²) in [5.41, 5.74) is 6.66. The quantitative estimate of drug-likeness (QED) is 0.560. The molecule has 1 heterocycles. The van der Waals surface area contributed by atoms with Crippen molar-refractivity contribution >= 4 is 16.7 Å². The molecule has 0 unspecified atom stereocenters. The van der Waals surface area contributed by atoms with E-state index in [1.54, 1.807) is 18.2 Å². The van der Waals surface area contributed by atoms with Gasteiger partial charge in [-0.1, -0.05) is 6.07 Å². The zero-order valence-electron chi connectivity index (χ0n) is 5.74. The SMILES string of the molecule is Nc1cccc2c(O)coc12. The van der Waals surface area contributed by atoms with E-state index in [0.717, 1.165) is 0 Å². The Hall–Kier alpha value is -1.64. The number of anilines is 1. The highest BCUT2D eigenvalue weighted by Gasteiger charge is 2.04. The van der Waals surface area contributed by atoms with Crippen LogP contribution < -0.4 is 5.73 Å². The maximum absolute atomic E-state index is 9.19. The molecule has 2 rings (SSSR count). The monoisotopic (exact) mass is 149 g/mol. The fourth-order valence-electron chi connectivity index (χ4n) is 1.07. The highest BCUT2D eigenvalue weighted by Crippen LogP contribution is 2.29. The molecule has 0 fully saturated rings. The van der Waals surface area contributed by atoms with E-state index in [9.17, 15) is 5.11 Å². The van der Waals surface area contributed by atoms with Gasteiger partial charge in [0.05, 0.1) is 11.1 Å². The van der Waals surface area contributed by atoms with Gasteiger partial charge >= 0.3 is 0 Å². The second kappa shape index (κ2) is 1.92. The highest BCUT2D eigenvalue weighted by molar-refractivity contribution is 5.92. The van der Waals surface area contributed by atoms with Crippen molar-refractivity contribution in [1.29, 1.82) is 0 Å². The summed E-state index contributed by atoms with van der Waals surface area (Å²) in [6.45, 7) is 0. The first-order valence-corrected chi connectivity index (χ1v) is 3.23. The van der Waals surface area contributed by atoms with E-state index in [0.29, 0.717) is 16.7 Å². The molecule has 0 amide bonds. The topological polar surface area (TPSA) is 59.4 Å². The summed E-state index contributed by atoms with van der Waals surface area (Å²) in [6.07, 6.45) is 1.28. The van der Waals surface area contributed by atoms with E-state index in [1.807, 2.05) is 0 Å². The van der Waals surface area contributed by atoms with Crippen LogP contribution in [0.15, 0.2) is 28.9 Å². The van der Waals surface area contributed by atoms with Crippen molar-refractivity contribution in [1.82, 2.24) is 0 Å². The van der Waals surface area contributed by atoms with Gasteiger partial charge in [0.25, 0.3) is 0 Å². The third-order valence-corrected chi connectivity index (χ3v) is 1.61. The van der Waals surface area contributed by atoms with E-state index in [1.165, 1.54) is 6.26 Å². The van der Waals surface area contributed by atoms with Crippen LogP contribution in [-0.2, 0) is 0 Å². The molecule has 0 saturated heterocycles. The number of hydrogen-bond donors (Lipinski definition) is 2. The van der Waals surface area contributed by atoms with Crippen LogP contribution in [0.4, 0.5) is 5.69 Å². The molecule has 0 aliphatic carbocycles. The number of hydrogen-bond acceptors (Lipinski definition) is 3. The predicted octanol–water partition coefficient (Wildman–Crippen LogP) is 1.72. The largest absolute Gasteiger partial charge is 0.504 e. The molecule has 3 heteroatoms. The third-order valence-electron chi connectivity index (χ3n) is 1.61. The van der Waals surface area contributed by atoms with Gasteiger partial charge in [0.15, 0.2) is 11.3 Å². The van der Waals surface area contributed by atoms with Crippen molar-refractivity contribution < 1.29 is 9.52 Å². The van der Waals surface area contributed by atoms with Crippen LogP contribution in [-0.4, -0.2) is 5.11 Å². The summed E-state index contributed by atoms with van der Waals surface area (Å²) in [7, 11) is 0. The number of aromatic hydroxyl groups is 1.